The molecule has 0 radical (unpaired) electrons. The fourth-order valence-electron chi connectivity index (χ4n) is 1.93. The van der Waals surface area contributed by atoms with E-state index in [9.17, 15) is 19.8 Å². The summed E-state index contributed by atoms with van der Waals surface area (Å²) >= 11 is 0. The van der Waals surface area contributed by atoms with Crippen LogP contribution in [-0.2, 0) is 4.74 Å². The van der Waals surface area contributed by atoms with E-state index in [1.807, 2.05) is 0 Å². The predicted molar refractivity (Wildman–Crippen MR) is 84.8 cm³/mol. The lowest BCUT2D eigenvalue weighted by Crippen LogP contribution is -2.21. The van der Waals surface area contributed by atoms with E-state index in [-0.39, 0.29) is 35.0 Å². The molecule has 7 nitrogen and oxygen atoms in total. The third-order valence-corrected chi connectivity index (χ3v) is 2.83. The van der Waals surface area contributed by atoms with Gasteiger partial charge in [-0.2, -0.15) is 0 Å². The average molecular weight is 316 g/mol. The van der Waals surface area contributed by atoms with Crippen LogP contribution in [0.5, 0.6) is 11.5 Å². The summed E-state index contributed by atoms with van der Waals surface area (Å²) in [5.41, 5.74) is 0.713. The molecule has 0 aliphatic heterocycles. The summed E-state index contributed by atoms with van der Waals surface area (Å²) in [6, 6.07) is 9.47. The highest BCUT2D eigenvalue weighted by Crippen LogP contribution is 2.24. The van der Waals surface area contributed by atoms with Gasteiger partial charge in [-0.05, 0) is 19.1 Å². The highest BCUT2D eigenvalue weighted by atomic mass is 16.5. The molecule has 0 atom stereocenters. The van der Waals surface area contributed by atoms with Crippen LogP contribution < -0.4 is 10.6 Å². The number of anilines is 2. The predicted octanol–water partition coefficient (Wildman–Crippen LogP) is 2.92. The molecular formula is C16H16N2O5. The Morgan fingerprint density at radius 2 is 1.70 bits per heavy atom. The Morgan fingerprint density at radius 3 is 2.35 bits per heavy atom. The molecule has 4 N–H and O–H groups in total. The minimum absolute atomic E-state index is 0.188. The Labute approximate surface area is 132 Å². The van der Waals surface area contributed by atoms with E-state index in [4.69, 9.17) is 4.74 Å². The number of carbonyl (C=O) groups is 2. The number of phenolic OH excluding ortho intramolecular Hbond substituents is 2. The largest absolute Gasteiger partial charge is 0.508 e. The number of ether oxygens (including phenoxy) is 1. The summed E-state index contributed by atoms with van der Waals surface area (Å²) in [6.07, 6.45) is 0. The second-order valence-corrected chi connectivity index (χ2v) is 4.58. The monoisotopic (exact) mass is 316 g/mol. The molecular weight excluding hydrogens is 300 g/mol. The van der Waals surface area contributed by atoms with Crippen LogP contribution in [0.1, 0.15) is 17.3 Å². The number of rotatable bonds is 4. The van der Waals surface area contributed by atoms with Crippen LogP contribution >= 0.6 is 0 Å². The molecule has 0 aliphatic rings. The van der Waals surface area contributed by atoms with Crippen LogP contribution in [0.3, 0.4) is 0 Å². The molecule has 0 fully saturated rings. The molecule has 2 aromatic rings. The maximum absolute atomic E-state index is 12.0. The second kappa shape index (κ2) is 7.17. The zero-order valence-electron chi connectivity index (χ0n) is 12.4. The first-order valence-electron chi connectivity index (χ1n) is 6.86. The van der Waals surface area contributed by atoms with Crippen molar-refractivity contribution in [2.75, 3.05) is 17.2 Å². The first-order chi connectivity index (χ1) is 11.0. The van der Waals surface area contributed by atoms with Crippen LogP contribution in [0.25, 0.3) is 0 Å². The van der Waals surface area contributed by atoms with E-state index in [1.165, 1.54) is 18.2 Å². The van der Waals surface area contributed by atoms with Crippen molar-refractivity contribution in [2.24, 2.45) is 0 Å². The number of urea groups is 1. The second-order valence-electron chi connectivity index (χ2n) is 4.58. The molecule has 0 bridgehead atoms. The van der Waals surface area contributed by atoms with Crippen molar-refractivity contribution in [1.82, 2.24) is 0 Å². The Kier molecular flexibility index (Phi) is 5.03. The van der Waals surface area contributed by atoms with Gasteiger partial charge in [0.05, 0.1) is 17.9 Å². The Hall–Kier alpha value is -3.22. The number of aromatic hydroxyl groups is 2. The van der Waals surface area contributed by atoms with Crippen molar-refractivity contribution < 1.29 is 24.5 Å². The van der Waals surface area contributed by atoms with Gasteiger partial charge in [0.25, 0.3) is 0 Å². The number of benzene rings is 2. The van der Waals surface area contributed by atoms with Crippen LogP contribution in [0, 0.1) is 0 Å². The van der Waals surface area contributed by atoms with Gasteiger partial charge in [-0.25, -0.2) is 9.59 Å². The minimum Gasteiger partial charge on any atom is -0.508 e. The average Bonchev–Trinajstić information content (AvgIpc) is 2.46. The van der Waals surface area contributed by atoms with Crippen molar-refractivity contribution in [3.05, 3.63) is 48.0 Å². The number of nitrogens with one attached hydrogen (secondary N) is 2. The van der Waals surface area contributed by atoms with Gasteiger partial charge in [-0.15, -0.1) is 0 Å². The lowest BCUT2D eigenvalue weighted by molar-refractivity contribution is 0.0527. The number of esters is 1. The molecule has 2 aromatic carbocycles. The summed E-state index contributed by atoms with van der Waals surface area (Å²) < 4.78 is 4.92. The Morgan fingerprint density at radius 1 is 1.04 bits per heavy atom. The summed E-state index contributed by atoms with van der Waals surface area (Å²) in [5, 5.41) is 23.7. The highest BCUT2D eigenvalue weighted by molar-refractivity contribution is 6.05. The quantitative estimate of drug-likeness (QED) is 0.649. The van der Waals surface area contributed by atoms with Gasteiger partial charge in [-0.3, -0.25) is 0 Å². The number of hydrogen-bond acceptors (Lipinski definition) is 5. The zero-order chi connectivity index (χ0) is 16.8. The molecule has 0 heterocycles. The summed E-state index contributed by atoms with van der Waals surface area (Å²) in [6.45, 7) is 1.91. The maximum Gasteiger partial charge on any atom is 0.340 e. The van der Waals surface area contributed by atoms with Gasteiger partial charge >= 0.3 is 12.0 Å². The molecule has 0 saturated carbocycles. The van der Waals surface area contributed by atoms with Crippen molar-refractivity contribution in [1.29, 1.82) is 0 Å². The van der Waals surface area contributed by atoms with Crippen LogP contribution in [0.4, 0.5) is 16.2 Å². The SMILES string of the molecule is CCOC(=O)c1ccccc1NC(=O)Nc1cc(O)cc(O)c1. The smallest absolute Gasteiger partial charge is 0.340 e. The number of phenols is 2. The third-order valence-electron chi connectivity index (χ3n) is 2.83. The fourth-order valence-corrected chi connectivity index (χ4v) is 1.93. The van der Waals surface area contributed by atoms with Crippen LogP contribution in [0.15, 0.2) is 42.5 Å². The Balaban J connectivity index is 2.13. The highest BCUT2D eigenvalue weighted by Gasteiger charge is 2.14. The summed E-state index contributed by atoms with van der Waals surface area (Å²) in [4.78, 5) is 23.8. The molecule has 2 amide bonds. The zero-order valence-corrected chi connectivity index (χ0v) is 12.4. The summed E-state index contributed by atoms with van der Waals surface area (Å²) in [5.74, 6) is -0.919. The Bertz CT molecular complexity index is 710. The molecule has 0 unspecified atom stereocenters. The molecule has 0 saturated heterocycles. The van der Waals surface area contributed by atoms with Crippen molar-refractivity contribution in [3.8, 4) is 11.5 Å². The van der Waals surface area contributed by atoms with Crippen molar-refractivity contribution in [3.63, 3.8) is 0 Å². The molecule has 0 aromatic heterocycles. The maximum atomic E-state index is 12.0. The number of amides is 2. The number of carbonyl (C=O) groups excluding carboxylic acids is 2. The molecule has 2 rings (SSSR count). The number of para-hydroxylation sites is 1. The van der Waals surface area contributed by atoms with Gasteiger partial charge in [0.15, 0.2) is 0 Å². The van der Waals surface area contributed by atoms with E-state index in [2.05, 4.69) is 10.6 Å². The molecule has 23 heavy (non-hydrogen) atoms. The lowest BCUT2D eigenvalue weighted by Gasteiger charge is -2.11. The van der Waals surface area contributed by atoms with Gasteiger partial charge in [0, 0.05) is 23.9 Å². The summed E-state index contributed by atoms with van der Waals surface area (Å²) in [7, 11) is 0. The van der Waals surface area contributed by atoms with E-state index in [1.54, 1.807) is 25.1 Å². The molecule has 7 heteroatoms. The third kappa shape index (κ3) is 4.37. The minimum atomic E-state index is -0.633. The van der Waals surface area contributed by atoms with Crippen molar-refractivity contribution >= 4 is 23.4 Å². The molecule has 0 aliphatic carbocycles. The van der Waals surface area contributed by atoms with E-state index >= 15 is 0 Å². The van der Waals surface area contributed by atoms with Gasteiger partial charge in [0.1, 0.15) is 11.5 Å². The van der Waals surface area contributed by atoms with Gasteiger partial charge in [-0.1, -0.05) is 12.1 Å². The molecule has 0 spiro atoms. The van der Waals surface area contributed by atoms with E-state index in [0.29, 0.717) is 0 Å². The first-order valence-corrected chi connectivity index (χ1v) is 6.86. The van der Waals surface area contributed by atoms with Crippen LogP contribution in [0.2, 0.25) is 0 Å². The number of hydrogen-bond donors (Lipinski definition) is 4. The van der Waals surface area contributed by atoms with Gasteiger partial charge in [0.2, 0.25) is 0 Å². The fraction of sp³-hybridized carbons (Fsp3) is 0.125. The standard InChI is InChI=1S/C16H16N2O5/c1-2-23-15(21)13-5-3-4-6-14(13)18-16(22)17-10-7-11(19)9-12(20)8-10/h3-9,19-20H,2H2,1H3,(H2,17,18,22). The van der Waals surface area contributed by atoms with E-state index < -0.39 is 12.0 Å². The first kappa shape index (κ1) is 16.2. The molecule has 120 valence electrons. The van der Waals surface area contributed by atoms with Gasteiger partial charge < -0.3 is 25.6 Å². The normalized spacial score (nSPS) is 9.96. The van der Waals surface area contributed by atoms with E-state index in [0.717, 1.165) is 6.07 Å². The topological polar surface area (TPSA) is 108 Å². The van der Waals surface area contributed by atoms with Crippen LogP contribution in [-0.4, -0.2) is 28.8 Å². The van der Waals surface area contributed by atoms with Crippen molar-refractivity contribution in [2.45, 2.75) is 6.92 Å². The lowest BCUT2D eigenvalue weighted by atomic mass is 10.2.